The molecule has 3 atom stereocenters. The average molecular weight is 386 g/mol. The van der Waals surface area contributed by atoms with E-state index in [1.165, 1.54) is 11.1 Å². The molecule has 0 fully saturated rings. The molecule has 0 aromatic heterocycles. The molecule has 0 aliphatic carbocycles. The molecular formula is C27H31NO. The molecule has 1 N–H and O–H groups in total. The summed E-state index contributed by atoms with van der Waals surface area (Å²) in [5, 5.41) is 3.93. The van der Waals surface area contributed by atoms with E-state index >= 15 is 0 Å². The predicted molar refractivity (Wildman–Crippen MR) is 122 cm³/mol. The van der Waals surface area contributed by atoms with Crippen molar-refractivity contribution in [1.82, 2.24) is 5.32 Å². The van der Waals surface area contributed by atoms with Crippen LogP contribution in [0.15, 0.2) is 104 Å². The fourth-order valence-corrected chi connectivity index (χ4v) is 3.81. The van der Waals surface area contributed by atoms with Crippen molar-refractivity contribution in [2.24, 2.45) is 5.41 Å². The normalized spacial score (nSPS) is 14.7. The Morgan fingerprint density at radius 1 is 0.759 bits per heavy atom. The largest absolute Gasteiger partial charge is 0.375 e. The number of hydrogen-bond donors (Lipinski definition) is 1. The van der Waals surface area contributed by atoms with Gasteiger partial charge in [0.2, 0.25) is 0 Å². The van der Waals surface area contributed by atoms with E-state index in [-0.39, 0.29) is 23.6 Å². The molecule has 0 saturated carbocycles. The molecule has 0 saturated heterocycles. The van der Waals surface area contributed by atoms with Gasteiger partial charge in [0, 0.05) is 18.6 Å². The molecule has 0 aliphatic heterocycles. The Kier molecular flexibility index (Phi) is 7.03. The SMILES string of the molecule is C=CC(C)(C)[C@H](N[C@@H](c1ccccc1)[C@H](OC)c1ccccc1)c1ccccc1. The predicted octanol–water partition coefficient (Wildman–Crippen LogP) is 6.66. The number of rotatable bonds is 9. The number of ether oxygens (including phenoxy) is 1. The summed E-state index contributed by atoms with van der Waals surface area (Å²) in [5.74, 6) is 0. The van der Waals surface area contributed by atoms with E-state index in [9.17, 15) is 0 Å². The fraction of sp³-hybridized carbons (Fsp3) is 0.259. The Morgan fingerprint density at radius 3 is 1.66 bits per heavy atom. The van der Waals surface area contributed by atoms with Gasteiger partial charge in [-0.1, -0.05) is 111 Å². The highest BCUT2D eigenvalue weighted by molar-refractivity contribution is 5.29. The number of methoxy groups -OCH3 is 1. The summed E-state index contributed by atoms with van der Waals surface area (Å²) in [6, 6.07) is 31.6. The van der Waals surface area contributed by atoms with Crippen LogP contribution in [0.1, 0.15) is 48.7 Å². The van der Waals surface area contributed by atoms with Gasteiger partial charge in [-0.05, 0) is 16.7 Å². The van der Waals surface area contributed by atoms with Crippen LogP contribution in [-0.2, 0) is 4.74 Å². The second-order valence-corrected chi connectivity index (χ2v) is 7.99. The zero-order valence-corrected chi connectivity index (χ0v) is 17.6. The van der Waals surface area contributed by atoms with Gasteiger partial charge in [-0.3, -0.25) is 5.32 Å². The third-order valence-corrected chi connectivity index (χ3v) is 5.59. The summed E-state index contributed by atoms with van der Waals surface area (Å²) in [6.45, 7) is 8.55. The van der Waals surface area contributed by atoms with Gasteiger partial charge in [-0.25, -0.2) is 0 Å². The van der Waals surface area contributed by atoms with E-state index in [4.69, 9.17) is 4.74 Å². The van der Waals surface area contributed by atoms with E-state index in [1.54, 1.807) is 7.11 Å². The Bertz CT molecular complexity index is 874. The molecule has 150 valence electrons. The van der Waals surface area contributed by atoms with Crippen LogP contribution in [-0.4, -0.2) is 7.11 Å². The maximum atomic E-state index is 6.05. The van der Waals surface area contributed by atoms with Crippen LogP contribution >= 0.6 is 0 Å². The molecule has 3 rings (SSSR count). The molecule has 0 heterocycles. The first-order valence-electron chi connectivity index (χ1n) is 10.1. The third kappa shape index (κ3) is 5.03. The Hall–Kier alpha value is -2.68. The lowest BCUT2D eigenvalue weighted by Gasteiger charge is -2.38. The number of hydrogen-bond acceptors (Lipinski definition) is 2. The van der Waals surface area contributed by atoms with Crippen LogP contribution in [0.5, 0.6) is 0 Å². The lowest BCUT2D eigenvalue weighted by atomic mass is 9.79. The Morgan fingerprint density at radius 2 is 1.21 bits per heavy atom. The van der Waals surface area contributed by atoms with E-state index < -0.39 is 0 Å². The van der Waals surface area contributed by atoms with Gasteiger partial charge in [-0.15, -0.1) is 6.58 Å². The summed E-state index contributed by atoms with van der Waals surface area (Å²) >= 11 is 0. The van der Waals surface area contributed by atoms with E-state index in [1.807, 2.05) is 18.2 Å². The van der Waals surface area contributed by atoms with Crippen LogP contribution in [0.3, 0.4) is 0 Å². The van der Waals surface area contributed by atoms with Crippen molar-refractivity contribution in [1.29, 1.82) is 0 Å². The van der Waals surface area contributed by atoms with Gasteiger partial charge < -0.3 is 4.74 Å². The number of nitrogens with one attached hydrogen (secondary N) is 1. The first kappa shape index (κ1) is 21.0. The van der Waals surface area contributed by atoms with Gasteiger partial charge >= 0.3 is 0 Å². The highest BCUT2D eigenvalue weighted by Gasteiger charge is 2.34. The second kappa shape index (κ2) is 9.69. The van der Waals surface area contributed by atoms with Crippen molar-refractivity contribution in [3.63, 3.8) is 0 Å². The molecule has 0 radical (unpaired) electrons. The summed E-state index contributed by atoms with van der Waals surface area (Å²) in [6.07, 6.45) is 1.91. The first-order valence-corrected chi connectivity index (χ1v) is 10.1. The molecule has 0 unspecified atom stereocenters. The smallest absolute Gasteiger partial charge is 0.102 e. The van der Waals surface area contributed by atoms with Gasteiger partial charge in [0.05, 0.1) is 6.04 Å². The first-order chi connectivity index (χ1) is 14.1. The molecule has 29 heavy (non-hydrogen) atoms. The lowest BCUT2D eigenvalue weighted by molar-refractivity contribution is 0.0570. The number of benzene rings is 3. The zero-order valence-electron chi connectivity index (χ0n) is 17.6. The quantitative estimate of drug-likeness (QED) is 0.416. The molecule has 0 amide bonds. The lowest BCUT2D eigenvalue weighted by Crippen LogP contribution is -2.38. The van der Waals surface area contributed by atoms with E-state index in [0.717, 1.165) is 5.56 Å². The van der Waals surface area contributed by atoms with Crippen molar-refractivity contribution in [3.05, 3.63) is 120 Å². The molecule has 2 nitrogen and oxygen atoms in total. The monoisotopic (exact) mass is 385 g/mol. The van der Waals surface area contributed by atoms with Crippen LogP contribution in [0.4, 0.5) is 0 Å². The van der Waals surface area contributed by atoms with Gasteiger partial charge in [0.15, 0.2) is 0 Å². The van der Waals surface area contributed by atoms with Gasteiger partial charge in [-0.2, -0.15) is 0 Å². The van der Waals surface area contributed by atoms with Crippen molar-refractivity contribution >= 4 is 0 Å². The van der Waals surface area contributed by atoms with Crippen LogP contribution in [0.25, 0.3) is 0 Å². The standard InChI is InChI=1S/C27H31NO/c1-5-27(2,3)26(23-19-13-8-14-20-23)28-24(21-15-9-6-10-16-21)25(29-4)22-17-11-7-12-18-22/h5-20,24-26,28H,1H2,2-4H3/t24-,25+,26+/m0/s1. The Balaban J connectivity index is 2.06. The van der Waals surface area contributed by atoms with Crippen LogP contribution in [0.2, 0.25) is 0 Å². The highest BCUT2D eigenvalue weighted by Crippen LogP contribution is 2.40. The topological polar surface area (TPSA) is 21.3 Å². The minimum Gasteiger partial charge on any atom is -0.375 e. The second-order valence-electron chi connectivity index (χ2n) is 7.99. The van der Waals surface area contributed by atoms with Crippen LogP contribution in [0, 0.1) is 5.41 Å². The molecule has 2 heteroatoms. The zero-order chi connectivity index (χ0) is 20.7. The van der Waals surface area contributed by atoms with E-state index in [0.29, 0.717) is 0 Å². The molecule has 3 aromatic rings. The summed E-state index contributed by atoms with van der Waals surface area (Å²) in [4.78, 5) is 0. The fourth-order valence-electron chi connectivity index (χ4n) is 3.81. The van der Waals surface area contributed by atoms with Crippen molar-refractivity contribution in [2.45, 2.75) is 32.0 Å². The van der Waals surface area contributed by atoms with Crippen molar-refractivity contribution in [2.75, 3.05) is 7.11 Å². The minimum atomic E-state index is -0.149. The maximum Gasteiger partial charge on any atom is 0.102 e. The van der Waals surface area contributed by atoms with Gasteiger partial charge in [0.25, 0.3) is 0 Å². The minimum absolute atomic E-state index is 0.0203. The Labute approximate surface area is 175 Å². The van der Waals surface area contributed by atoms with Crippen molar-refractivity contribution < 1.29 is 4.74 Å². The van der Waals surface area contributed by atoms with Crippen LogP contribution < -0.4 is 5.32 Å². The molecule has 0 aliphatic rings. The summed E-state index contributed by atoms with van der Waals surface area (Å²) in [5.41, 5.74) is 3.44. The third-order valence-electron chi connectivity index (χ3n) is 5.59. The molecule has 0 bridgehead atoms. The highest BCUT2D eigenvalue weighted by atomic mass is 16.5. The molecule has 0 spiro atoms. The van der Waals surface area contributed by atoms with Gasteiger partial charge in [0.1, 0.15) is 6.10 Å². The molecule has 3 aromatic carbocycles. The average Bonchev–Trinajstić information content (AvgIpc) is 2.78. The maximum absolute atomic E-state index is 6.05. The van der Waals surface area contributed by atoms with E-state index in [2.05, 4.69) is 105 Å². The summed E-state index contributed by atoms with van der Waals surface area (Å²) in [7, 11) is 1.78. The summed E-state index contributed by atoms with van der Waals surface area (Å²) < 4.78 is 6.05. The van der Waals surface area contributed by atoms with Crippen molar-refractivity contribution in [3.8, 4) is 0 Å². The molecular weight excluding hydrogens is 354 g/mol.